The number of fused-ring (bicyclic) bond motifs is 1. The first-order chi connectivity index (χ1) is 14.1. The first kappa shape index (κ1) is 19.8. The molecule has 0 spiro atoms. The van der Waals surface area contributed by atoms with Gasteiger partial charge in [0.05, 0.1) is 25.5 Å². The molecule has 2 aromatic rings. The highest BCUT2D eigenvalue weighted by Gasteiger charge is 2.36. The number of allylic oxidation sites excluding steroid dienone is 1. The van der Waals surface area contributed by atoms with Crippen molar-refractivity contribution in [1.82, 2.24) is 14.8 Å². The SMILES string of the molecule is C[C@@H]1COCCN1c1cc(C2(CN)CCCCC2)c2cnn(C(=N)/C=C\N)c2n1. The number of hydrogen-bond donors (Lipinski definition) is 3. The molecule has 2 aromatic heterocycles. The van der Waals surface area contributed by atoms with Gasteiger partial charge < -0.3 is 21.1 Å². The molecule has 0 amide bonds. The summed E-state index contributed by atoms with van der Waals surface area (Å²) in [6.07, 6.45) is 10.5. The Hall–Kier alpha value is -2.45. The van der Waals surface area contributed by atoms with Crippen LogP contribution in [0.4, 0.5) is 5.82 Å². The summed E-state index contributed by atoms with van der Waals surface area (Å²) in [5.74, 6) is 1.10. The van der Waals surface area contributed by atoms with Crippen LogP contribution in [0.1, 0.15) is 44.6 Å². The van der Waals surface area contributed by atoms with E-state index in [0.29, 0.717) is 25.4 Å². The standard InChI is InChI=1S/C21H31N7O/c1-15-13-29-10-9-27(15)19-11-17(21(14-23)6-3-2-4-7-21)16-12-25-28(20(16)26-19)18(24)5-8-22/h5,8,11-12,15,24H,2-4,6-7,9-10,13-14,22-23H2,1H3/b8-5-,24-18?/t15-/m1/s1. The lowest BCUT2D eigenvalue weighted by Crippen LogP contribution is -2.44. The third-order valence-electron chi connectivity index (χ3n) is 6.44. The molecule has 2 aliphatic rings. The van der Waals surface area contributed by atoms with E-state index >= 15 is 0 Å². The van der Waals surface area contributed by atoms with Gasteiger partial charge in [0.2, 0.25) is 0 Å². The number of ether oxygens (including phenoxy) is 1. The smallest absolute Gasteiger partial charge is 0.167 e. The number of nitrogens with zero attached hydrogens (tertiary/aromatic N) is 4. The van der Waals surface area contributed by atoms with Crippen molar-refractivity contribution in [1.29, 1.82) is 5.41 Å². The van der Waals surface area contributed by atoms with Gasteiger partial charge in [0, 0.05) is 23.9 Å². The number of nitrogens with one attached hydrogen (secondary N) is 1. The minimum absolute atomic E-state index is 0.0660. The molecule has 8 nitrogen and oxygen atoms in total. The molecule has 2 fully saturated rings. The Morgan fingerprint density at radius 3 is 2.86 bits per heavy atom. The third kappa shape index (κ3) is 3.51. The molecule has 1 saturated heterocycles. The maximum atomic E-state index is 8.33. The topological polar surface area (TPSA) is 119 Å². The summed E-state index contributed by atoms with van der Waals surface area (Å²) < 4.78 is 7.18. The van der Waals surface area contributed by atoms with E-state index in [4.69, 9.17) is 26.6 Å². The van der Waals surface area contributed by atoms with Crippen LogP contribution in [0.25, 0.3) is 11.0 Å². The highest BCUT2D eigenvalue weighted by atomic mass is 16.5. The van der Waals surface area contributed by atoms with Crippen molar-refractivity contribution in [3.05, 3.63) is 30.1 Å². The van der Waals surface area contributed by atoms with Crippen LogP contribution < -0.4 is 16.4 Å². The van der Waals surface area contributed by atoms with Crippen molar-refractivity contribution in [3.63, 3.8) is 0 Å². The zero-order valence-corrected chi connectivity index (χ0v) is 17.1. The fraction of sp³-hybridized carbons (Fsp3) is 0.571. The number of morpholine rings is 1. The molecule has 1 atom stereocenters. The summed E-state index contributed by atoms with van der Waals surface area (Å²) in [6.45, 7) is 4.92. The van der Waals surface area contributed by atoms with E-state index in [0.717, 1.165) is 30.6 Å². The molecule has 0 bridgehead atoms. The van der Waals surface area contributed by atoms with Crippen molar-refractivity contribution in [2.75, 3.05) is 31.2 Å². The van der Waals surface area contributed by atoms with Gasteiger partial charge in [0.15, 0.2) is 5.65 Å². The van der Waals surface area contributed by atoms with E-state index in [2.05, 4.69) is 23.0 Å². The van der Waals surface area contributed by atoms with E-state index in [1.54, 1.807) is 4.68 Å². The van der Waals surface area contributed by atoms with Gasteiger partial charge in [0.25, 0.3) is 0 Å². The Morgan fingerprint density at radius 2 is 2.17 bits per heavy atom. The van der Waals surface area contributed by atoms with Gasteiger partial charge in [-0.2, -0.15) is 9.78 Å². The minimum atomic E-state index is -0.0660. The second-order valence-corrected chi connectivity index (χ2v) is 8.23. The average molecular weight is 398 g/mol. The van der Waals surface area contributed by atoms with Gasteiger partial charge in [-0.1, -0.05) is 19.3 Å². The average Bonchev–Trinajstić information content (AvgIpc) is 3.18. The van der Waals surface area contributed by atoms with Crippen molar-refractivity contribution in [2.24, 2.45) is 11.5 Å². The van der Waals surface area contributed by atoms with Crippen molar-refractivity contribution in [3.8, 4) is 0 Å². The summed E-state index contributed by atoms with van der Waals surface area (Å²) in [5, 5.41) is 13.8. The number of hydrogen-bond acceptors (Lipinski definition) is 7. The van der Waals surface area contributed by atoms with Gasteiger partial charge in [-0.25, -0.2) is 4.98 Å². The molecular formula is C21H31N7O. The largest absolute Gasteiger partial charge is 0.404 e. The molecule has 1 aliphatic heterocycles. The predicted octanol–water partition coefficient (Wildman–Crippen LogP) is 2.11. The number of rotatable bonds is 4. The molecule has 0 unspecified atom stereocenters. The molecule has 4 rings (SSSR count). The lowest BCUT2D eigenvalue weighted by Gasteiger charge is -2.39. The minimum Gasteiger partial charge on any atom is -0.404 e. The Labute approximate surface area is 171 Å². The maximum absolute atomic E-state index is 8.33. The Kier molecular flexibility index (Phi) is 5.56. The molecule has 8 heteroatoms. The van der Waals surface area contributed by atoms with E-state index in [1.165, 1.54) is 37.1 Å². The number of pyridine rings is 1. The highest BCUT2D eigenvalue weighted by Crippen LogP contribution is 2.42. The van der Waals surface area contributed by atoms with E-state index in [1.807, 2.05) is 6.20 Å². The first-order valence-corrected chi connectivity index (χ1v) is 10.5. The lowest BCUT2D eigenvalue weighted by molar-refractivity contribution is 0.0985. The number of aromatic nitrogens is 3. The fourth-order valence-electron chi connectivity index (χ4n) is 4.79. The number of nitrogens with two attached hydrogens (primary N) is 2. The van der Waals surface area contributed by atoms with Crippen LogP contribution in [0.15, 0.2) is 24.5 Å². The molecular weight excluding hydrogens is 366 g/mol. The zero-order chi connectivity index (χ0) is 20.4. The van der Waals surface area contributed by atoms with Crippen LogP contribution in [0.5, 0.6) is 0 Å². The molecule has 29 heavy (non-hydrogen) atoms. The van der Waals surface area contributed by atoms with Crippen LogP contribution in [-0.2, 0) is 10.2 Å². The predicted molar refractivity (Wildman–Crippen MR) is 115 cm³/mol. The van der Waals surface area contributed by atoms with Crippen LogP contribution in [0.2, 0.25) is 0 Å². The monoisotopic (exact) mass is 397 g/mol. The summed E-state index contributed by atoms with van der Waals surface area (Å²) in [5.41, 5.74) is 13.7. The van der Waals surface area contributed by atoms with Crippen molar-refractivity contribution < 1.29 is 4.74 Å². The molecule has 0 aromatic carbocycles. The van der Waals surface area contributed by atoms with E-state index in [9.17, 15) is 0 Å². The van der Waals surface area contributed by atoms with Crippen LogP contribution >= 0.6 is 0 Å². The van der Waals surface area contributed by atoms with Crippen LogP contribution in [-0.4, -0.2) is 52.9 Å². The van der Waals surface area contributed by atoms with E-state index < -0.39 is 0 Å². The second-order valence-electron chi connectivity index (χ2n) is 8.23. The van der Waals surface area contributed by atoms with Gasteiger partial charge >= 0.3 is 0 Å². The molecule has 0 radical (unpaired) electrons. The quantitative estimate of drug-likeness (QED) is 0.537. The second kappa shape index (κ2) is 8.12. The molecule has 1 saturated carbocycles. The Bertz CT molecular complexity index is 913. The Morgan fingerprint density at radius 1 is 1.38 bits per heavy atom. The summed E-state index contributed by atoms with van der Waals surface area (Å²) in [7, 11) is 0. The zero-order valence-electron chi connectivity index (χ0n) is 17.1. The van der Waals surface area contributed by atoms with Crippen LogP contribution in [0, 0.1) is 5.41 Å². The van der Waals surface area contributed by atoms with E-state index in [-0.39, 0.29) is 17.3 Å². The number of anilines is 1. The summed E-state index contributed by atoms with van der Waals surface area (Å²) in [4.78, 5) is 7.24. The lowest BCUT2D eigenvalue weighted by atomic mass is 9.69. The third-order valence-corrected chi connectivity index (χ3v) is 6.44. The highest BCUT2D eigenvalue weighted by molar-refractivity contribution is 5.98. The maximum Gasteiger partial charge on any atom is 0.167 e. The van der Waals surface area contributed by atoms with Gasteiger partial charge in [-0.15, -0.1) is 0 Å². The normalized spacial score (nSPS) is 22.4. The summed E-state index contributed by atoms with van der Waals surface area (Å²) >= 11 is 0. The summed E-state index contributed by atoms with van der Waals surface area (Å²) in [6, 6.07) is 2.46. The first-order valence-electron chi connectivity index (χ1n) is 10.5. The van der Waals surface area contributed by atoms with Gasteiger partial charge in [-0.3, -0.25) is 5.41 Å². The molecule has 156 valence electrons. The fourth-order valence-corrected chi connectivity index (χ4v) is 4.79. The van der Waals surface area contributed by atoms with Gasteiger partial charge in [0.1, 0.15) is 11.7 Å². The van der Waals surface area contributed by atoms with Crippen molar-refractivity contribution >= 4 is 22.7 Å². The molecule has 5 N–H and O–H groups in total. The molecule has 3 heterocycles. The van der Waals surface area contributed by atoms with Crippen LogP contribution in [0.3, 0.4) is 0 Å². The van der Waals surface area contributed by atoms with Crippen molar-refractivity contribution in [2.45, 2.75) is 50.5 Å². The van der Waals surface area contributed by atoms with Gasteiger partial charge in [-0.05, 0) is 43.7 Å². The Balaban J connectivity index is 1.92. The molecule has 1 aliphatic carbocycles.